The molecule has 2 aliphatic rings. The number of nitrogens with zero attached hydrogens (tertiary/aromatic N) is 3. The second-order valence-corrected chi connectivity index (χ2v) is 7.11. The zero-order valence-corrected chi connectivity index (χ0v) is 14.3. The Morgan fingerprint density at radius 2 is 2.08 bits per heavy atom. The fourth-order valence-corrected chi connectivity index (χ4v) is 3.08. The lowest BCUT2D eigenvalue weighted by Gasteiger charge is -2.43. The van der Waals surface area contributed by atoms with Crippen LogP contribution in [0.4, 0.5) is 5.82 Å². The average molecular weight is 334 g/mol. The second-order valence-electron chi connectivity index (χ2n) is 7.11. The average Bonchev–Trinajstić information content (AvgIpc) is 3.26. The van der Waals surface area contributed by atoms with Gasteiger partial charge in [-0.05, 0) is 45.4 Å². The molecule has 2 aliphatic carbocycles. The summed E-state index contributed by atoms with van der Waals surface area (Å²) in [6.07, 6.45) is 7.64. The molecule has 0 aliphatic heterocycles. The molecule has 3 rings (SSSR count). The van der Waals surface area contributed by atoms with Crippen LogP contribution in [0.3, 0.4) is 0 Å². The summed E-state index contributed by atoms with van der Waals surface area (Å²) in [4.78, 5) is 21.8. The van der Waals surface area contributed by atoms with Gasteiger partial charge in [-0.2, -0.15) is 0 Å². The van der Waals surface area contributed by atoms with Gasteiger partial charge in [-0.1, -0.05) is 0 Å². The predicted octanol–water partition coefficient (Wildman–Crippen LogP) is 2.00. The third-order valence-corrected chi connectivity index (χ3v) is 4.51. The minimum absolute atomic E-state index is 0.0426. The van der Waals surface area contributed by atoms with Crippen LogP contribution >= 0.6 is 0 Å². The van der Waals surface area contributed by atoms with E-state index in [2.05, 4.69) is 20.2 Å². The number of nitrogens with one attached hydrogen (secondary N) is 1. The van der Waals surface area contributed by atoms with Gasteiger partial charge in [-0.3, -0.25) is 9.69 Å². The molecule has 24 heavy (non-hydrogen) atoms. The number of aliphatic carboxylic acids is 1. The van der Waals surface area contributed by atoms with Crippen molar-refractivity contribution in [2.45, 2.75) is 57.7 Å². The van der Waals surface area contributed by atoms with Crippen molar-refractivity contribution in [2.75, 3.05) is 18.4 Å². The number of carbonyl (C=O) groups is 1. The first-order valence-corrected chi connectivity index (χ1v) is 8.71. The van der Waals surface area contributed by atoms with E-state index in [1.54, 1.807) is 12.4 Å². The summed E-state index contributed by atoms with van der Waals surface area (Å²) in [5.41, 5.74) is 0. The van der Waals surface area contributed by atoms with Gasteiger partial charge in [0.05, 0.1) is 12.6 Å². The number of carboxylic acids is 1. The third-order valence-electron chi connectivity index (χ3n) is 4.51. The highest BCUT2D eigenvalue weighted by atomic mass is 16.5. The molecule has 2 saturated carbocycles. The lowest BCUT2D eigenvalue weighted by atomic mass is 9.85. The third kappa shape index (κ3) is 4.56. The van der Waals surface area contributed by atoms with E-state index in [0.717, 1.165) is 19.4 Å². The van der Waals surface area contributed by atoms with Gasteiger partial charge in [0.25, 0.3) is 5.88 Å². The van der Waals surface area contributed by atoms with Crippen LogP contribution in [-0.4, -0.2) is 57.2 Å². The Kier molecular flexibility index (Phi) is 5.18. The molecule has 1 heterocycles. The summed E-state index contributed by atoms with van der Waals surface area (Å²) in [6, 6.07) is 0.627. The molecule has 0 bridgehead atoms. The SMILES string of the molecule is CC(C)Oc1nccnc1NC1CC(N(CC(=O)O)CC2CC2)C1. The smallest absolute Gasteiger partial charge is 0.317 e. The van der Waals surface area contributed by atoms with Gasteiger partial charge in [-0.15, -0.1) is 0 Å². The van der Waals surface area contributed by atoms with E-state index < -0.39 is 5.97 Å². The number of hydrogen-bond acceptors (Lipinski definition) is 6. The standard InChI is InChI=1S/C17H26N4O3/c1-11(2)24-17-16(18-5-6-19-17)20-13-7-14(8-13)21(10-15(22)23)9-12-3-4-12/h5-6,11-14H,3-4,7-10H2,1-2H3,(H,18,20)(H,22,23). The molecular weight excluding hydrogens is 308 g/mol. The quantitative estimate of drug-likeness (QED) is 0.714. The Balaban J connectivity index is 1.53. The zero-order chi connectivity index (χ0) is 17.1. The maximum absolute atomic E-state index is 11.1. The van der Waals surface area contributed by atoms with E-state index >= 15 is 0 Å². The van der Waals surface area contributed by atoms with E-state index in [1.165, 1.54) is 12.8 Å². The van der Waals surface area contributed by atoms with Gasteiger partial charge in [0.1, 0.15) is 0 Å². The van der Waals surface area contributed by atoms with E-state index in [0.29, 0.717) is 23.7 Å². The van der Waals surface area contributed by atoms with E-state index in [9.17, 15) is 4.79 Å². The summed E-state index contributed by atoms with van der Waals surface area (Å²) in [5.74, 6) is 1.15. The van der Waals surface area contributed by atoms with Gasteiger partial charge in [0.15, 0.2) is 5.82 Å². The van der Waals surface area contributed by atoms with Crippen molar-refractivity contribution in [1.29, 1.82) is 0 Å². The summed E-state index contributed by atoms with van der Waals surface area (Å²) >= 11 is 0. The highest BCUT2D eigenvalue weighted by Gasteiger charge is 2.37. The molecule has 0 spiro atoms. The van der Waals surface area contributed by atoms with Crippen molar-refractivity contribution in [1.82, 2.24) is 14.9 Å². The Hall–Kier alpha value is -1.89. The molecule has 7 heteroatoms. The lowest BCUT2D eigenvalue weighted by Crippen LogP contribution is -2.52. The topological polar surface area (TPSA) is 87.6 Å². The van der Waals surface area contributed by atoms with Crippen molar-refractivity contribution in [3.63, 3.8) is 0 Å². The maximum Gasteiger partial charge on any atom is 0.317 e. The van der Waals surface area contributed by atoms with Gasteiger partial charge >= 0.3 is 5.97 Å². The van der Waals surface area contributed by atoms with Crippen LogP contribution in [0.2, 0.25) is 0 Å². The summed E-state index contributed by atoms with van der Waals surface area (Å²) in [5, 5.41) is 12.5. The fraction of sp³-hybridized carbons (Fsp3) is 0.706. The highest BCUT2D eigenvalue weighted by Crippen LogP contribution is 2.35. The van der Waals surface area contributed by atoms with Gasteiger partial charge in [-0.25, -0.2) is 9.97 Å². The number of anilines is 1. The molecule has 0 unspecified atom stereocenters. The summed E-state index contributed by atoms with van der Waals surface area (Å²) < 4.78 is 5.68. The minimum atomic E-state index is -0.742. The molecular formula is C17H26N4O3. The first-order chi connectivity index (χ1) is 11.5. The molecule has 1 aromatic rings. The van der Waals surface area contributed by atoms with Crippen LogP contribution in [-0.2, 0) is 4.79 Å². The molecule has 132 valence electrons. The van der Waals surface area contributed by atoms with Crippen molar-refractivity contribution >= 4 is 11.8 Å². The van der Waals surface area contributed by atoms with E-state index in [4.69, 9.17) is 9.84 Å². The normalized spacial score (nSPS) is 23.2. The number of rotatable bonds is 9. The number of hydrogen-bond donors (Lipinski definition) is 2. The molecule has 0 aromatic carbocycles. The van der Waals surface area contributed by atoms with Crippen molar-refractivity contribution in [3.8, 4) is 5.88 Å². The molecule has 7 nitrogen and oxygen atoms in total. The number of ether oxygens (including phenoxy) is 1. The molecule has 0 atom stereocenters. The summed E-state index contributed by atoms with van der Waals surface area (Å²) in [6.45, 7) is 4.97. The van der Waals surface area contributed by atoms with E-state index in [1.807, 2.05) is 13.8 Å². The Bertz CT molecular complexity index is 571. The molecule has 0 radical (unpaired) electrons. The molecule has 1 aromatic heterocycles. The van der Waals surface area contributed by atoms with Crippen molar-refractivity contribution < 1.29 is 14.6 Å². The monoisotopic (exact) mass is 334 g/mol. The molecule has 0 saturated heterocycles. The Morgan fingerprint density at radius 1 is 1.38 bits per heavy atom. The van der Waals surface area contributed by atoms with Crippen LogP contribution in [0.25, 0.3) is 0 Å². The maximum atomic E-state index is 11.1. The lowest BCUT2D eigenvalue weighted by molar-refractivity contribution is -0.139. The van der Waals surface area contributed by atoms with Crippen LogP contribution in [0.5, 0.6) is 5.88 Å². The number of aromatic nitrogens is 2. The Morgan fingerprint density at radius 3 is 2.71 bits per heavy atom. The predicted molar refractivity (Wildman–Crippen MR) is 90.2 cm³/mol. The van der Waals surface area contributed by atoms with Gasteiger partial charge < -0.3 is 15.2 Å². The largest absolute Gasteiger partial charge is 0.480 e. The molecule has 2 N–H and O–H groups in total. The van der Waals surface area contributed by atoms with Crippen LogP contribution < -0.4 is 10.1 Å². The molecule has 0 amide bonds. The number of carboxylic acid groups (broad SMARTS) is 1. The minimum Gasteiger partial charge on any atom is -0.480 e. The van der Waals surface area contributed by atoms with Crippen molar-refractivity contribution in [2.24, 2.45) is 5.92 Å². The highest BCUT2D eigenvalue weighted by molar-refractivity contribution is 5.69. The van der Waals surface area contributed by atoms with Crippen molar-refractivity contribution in [3.05, 3.63) is 12.4 Å². The van der Waals surface area contributed by atoms with Crippen LogP contribution in [0.1, 0.15) is 39.5 Å². The fourth-order valence-electron chi connectivity index (χ4n) is 3.08. The summed E-state index contributed by atoms with van der Waals surface area (Å²) in [7, 11) is 0. The van der Waals surface area contributed by atoms with Crippen LogP contribution in [0.15, 0.2) is 12.4 Å². The zero-order valence-electron chi connectivity index (χ0n) is 14.3. The first kappa shape index (κ1) is 17.0. The Labute approximate surface area is 142 Å². The first-order valence-electron chi connectivity index (χ1n) is 8.71. The van der Waals surface area contributed by atoms with Gasteiger partial charge in [0, 0.05) is 31.0 Å². The molecule has 2 fully saturated rings. The van der Waals surface area contributed by atoms with Gasteiger partial charge in [0.2, 0.25) is 0 Å². The second kappa shape index (κ2) is 7.34. The van der Waals surface area contributed by atoms with Crippen LogP contribution in [0, 0.1) is 5.92 Å². The van der Waals surface area contributed by atoms with E-state index in [-0.39, 0.29) is 18.7 Å².